The van der Waals surface area contributed by atoms with Crippen LogP contribution in [-0.2, 0) is 16.0 Å². The van der Waals surface area contributed by atoms with Gasteiger partial charge in [-0.1, -0.05) is 46.3 Å². The quantitative estimate of drug-likeness (QED) is 0.483. The summed E-state index contributed by atoms with van der Waals surface area (Å²) in [5.41, 5.74) is 2.64. The number of rotatable bonds is 6. The standard InChI is InChI=1S/C20H18BrNO3/c1-13(20(24)14-6-9-16(21)10-7-14)25-19(23)11-8-15-12-22-18-5-3-2-4-17(15)18/h2-7,9-10,12-13,22H,8,11H2,1H3/t13-/m0/s1. The summed E-state index contributed by atoms with van der Waals surface area (Å²) in [6, 6.07) is 15.0. The molecule has 5 heteroatoms. The van der Waals surface area contributed by atoms with Crippen molar-refractivity contribution in [3.8, 4) is 0 Å². The fraction of sp³-hybridized carbons (Fsp3) is 0.200. The molecule has 0 radical (unpaired) electrons. The molecule has 1 atom stereocenters. The van der Waals surface area contributed by atoms with Crippen LogP contribution >= 0.6 is 15.9 Å². The maximum atomic E-state index is 12.3. The number of benzene rings is 2. The lowest BCUT2D eigenvalue weighted by atomic mass is 10.1. The van der Waals surface area contributed by atoms with Gasteiger partial charge in [-0.15, -0.1) is 0 Å². The number of Topliss-reactive ketones (excluding diaryl/α,β-unsaturated/α-hetero) is 1. The molecule has 3 aromatic rings. The number of H-pyrrole nitrogens is 1. The van der Waals surface area contributed by atoms with Crippen LogP contribution in [0.3, 0.4) is 0 Å². The molecule has 0 fully saturated rings. The van der Waals surface area contributed by atoms with Gasteiger partial charge in [-0.25, -0.2) is 0 Å². The lowest BCUT2D eigenvalue weighted by Crippen LogP contribution is -2.24. The summed E-state index contributed by atoms with van der Waals surface area (Å²) in [4.78, 5) is 27.6. The number of hydrogen-bond acceptors (Lipinski definition) is 3. The minimum Gasteiger partial charge on any atom is -0.454 e. The third-order valence-electron chi connectivity index (χ3n) is 4.08. The van der Waals surface area contributed by atoms with Crippen LogP contribution in [0.1, 0.15) is 29.3 Å². The van der Waals surface area contributed by atoms with Crippen molar-refractivity contribution in [2.75, 3.05) is 0 Å². The minimum absolute atomic E-state index is 0.201. The third kappa shape index (κ3) is 4.17. The molecular weight excluding hydrogens is 382 g/mol. The number of aromatic amines is 1. The summed E-state index contributed by atoms with van der Waals surface area (Å²) in [5, 5.41) is 1.11. The van der Waals surface area contributed by atoms with Crippen molar-refractivity contribution < 1.29 is 14.3 Å². The predicted molar refractivity (Wildman–Crippen MR) is 101 cm³/mol. The second-order valence-electron chi connectivity index (χ2n) is 5.86. The van der Waals surface area contributed by atoms with Gasteiger partial charge in [0.1, 0.15) is 0 Å². The molecule has 128 valence electrons. The van der Waals surface area contributed by atoms with Crippen molar-refractivity contribution in [2.24, 2.45) is 0 Å². The Morgan fingerprint density at radius 2 is 1.84 bits per heavy atom. The van der Waals surface area contributed by atoms with Gasteiger partial charge in [-0.05, 0) is 37.1 Å². The van der Waals surface area contributed by atoms with E-state index in [0.717, 1.165) is 20.9 Å². The van der Waals surface area contributed by atoms with Crippen LogP contribution in [0, 0.1) is 0 Å². The van der Waals surface area contributed by atoms with Crippen LogP contribution in [0.25, 0.3) is 10.9 Å². The fourth-order valence-electron chi connectivity index (χ4n) is 2.73. The number of nitrogens with one attached hydrogen (secondary N) is 1. The second kappa shape index (κ2) is 7.66. The number of fused-ring (bicyclic) bond motifs is 1. The molecule has 0 aliphatic heterocycles. The lowest BCUT2D eigenvalue weighted by molar-refractivity contribution is -0.146. The Labute approximate surface area is 154 Å². The number of hydrogen-bond donors (Lipinski definition) is 1. The highest BCUT2D eigenvalue weighted by molar-refractivity contribution is 9.10. The van der Waals surface area contributed by atoms with Crippen LogP contribution < -0.4 is 0 Å². The average molecular weight is 400 g/mol. The number of ether oxygens (including phenoxy) is 1. The molecule has 4 nitrogen and oxygen atoms in total. The van der Waals surface area contributed by atoms with E-state index in [9.17, 15) is 9.59 Å². The van der Waals surface area contributed by atoms with Gasteiger partial charge in [0, 0.05) is 33.6 Å². The van der Waals surface area contributed by atoms with E-state index in [2.05, 4.69) is 20.9 Å². The Kier molecular flexibility index (Phi) is 5.34. The number of aromatic nitrogens is 1. The topological polar surface area (TPSA) is 59.2 Å². The van der Waals surface area contributed by atoms with E-state index in [1.165, 1.54) is 0 Å². The van der Waals surface area contributed by atoms with Crippen molar-refractivity contribution in [1.29, 1.82) is 0 Å². The molecule has 0 amide bonds. The number of aryl methyl sites for hydroxylation is 1. The lowest BCUT2D eigenvalue weighted by Gasteiger charge is -2.12. The molecule has 2 aromatic carbocycles. The highest BCUT2D eigenvalue weighted by Gasteiger charge is 2.19. The van der Waals surface area contributed by atoms with E-state index in [0.29, 0.717) is 12.0 Å². The van der Waals surface area contributed by atoms with E-state index >= 15 is 0 Å². The summed E-state index contributed by atoms with van der Waals surface area (Å²) in [6.45, 7) is 1.61. The first-order valence-electron chi connectivity index (χ1n) is 8.09. The maximum Gasteiger partial charge on any atom is 0.306 e. The summed E-state index contributed by atoms with van der Waals surface area (Å²) in [7, 11) is 0. The molecule has 1 aromatic heterocycles. The minimum atomic E-state index is -0.795. The van der Waals surface area contributed by atoms with Gasteiger partial charge in [-0.3, -0.25) is 9.59 Å². The molecule has 0 saturated carbocycles. The molecule has 3 rings (SSSR count). The number of halogens is 1. The third-order valence-corrected chi connectivity index (χ3v) is 4.61. The zero-order valence-electron chi connectivity index (χ0n) is 13.8. The van der Waals surface area contributed by atoms with Gasteiger partial charge >= 0.3 is 5.97 Å². The first kappa shape index (κ1) is 17.4. The van der Waals surface area contributed by atoms with Crippen LogP contribution in [0.2, 0.25) is 0 Å². The predicted octanol–water partition coefficient (Wildman–Crippen LogP) is 4.68. The number of carbonyl (C=O) groups is 2. The van der Waals surface area contributed by atoms with E-state index in [1.54, 1.807) is 31.2 Å². The first-order valence-corrected chi connectivity index (χ1v) is 8.88. The Morgan fingerprint density at radius 3 is 2.60 bits per heavy atom. The van der Waals surface area contributed by atoms with Crippen molar-refractivity contribution >= 4 is 38.6 Å². The maximum absolute atomic E-state index is 12.3. The highest BCUT2D eigenvalue weighted by atomic mass is 79.9. The van der Waals surface area contributed by atoms with E-state index in [4.69, 9.17) is 4.74 Å². The number of esters is 1. The largest absolute Gasteiger partial charge is 0.454 e. The molecule has 0 spiro atoms. The van der Waals surface area contributed by atoms with Crippen molar-refractivity contribution in [2.45, 2.75) is 25.9 Å². The fourth-order valence-corrected chi connectivity index (χ4v) is 3.00. The highest BCUT2D eigenvalue weighted by Crippen LogP contribution is 2.19. The summed E-state index contributed by atoms with van der Waals surface area (Å²) < 4.78 is 6.19. The Bertz CT molecular complexity index is 899. The number of para-hydroxylation sites is 1. The van der Waals surface area contributed by atoms with Gasteiger partial charge in [0.25, 0.3) is 0 Å². The summed E-state index contributed by atoms with van der Waals surface area (Å²) in [6.07, 6.45) is 1.92. The van der Waals surface area contributed by atoms with Crippen LogP contribution in [0.4, 0.5) is 0 Å². The number of ketones is 1. The Morgan fingerprint density at radius 1 is 1.12 bits per heavy atom. The summed E-state index contributed by atoms with van der Waals surface area (Å²) >= 11 is 3.33. The molecule has 0 saturated heterocycles. The SMILES string of the molecule is C[C@H](OC(=O)CCc1c[nH]c2ccccc12)C(=O)c1ccc(Br)cc1. The van der Waals surface area contributed by atoms with Gasteiger partial charge in [0.05, 0.1) is 0 Å². The van der Waals surface area contributed by atoms with Crippen molar-refractivity contribution in [1.82, 2.24) is 4.98 Å². The van der Waals surface area contributed by atoms with Gasteiger partial charge in [-0.2, -0.15) is 0 Å². The molecular formula is C20H18BrNO3. The van der Waals surface area contributed by atoms with Crippen molar-refractivity contribution in [3.63, 3.8) is 0 Å². The monoisotopic (exact) mass is 399 g/mol. The van der Waals surface area contributed by atoms with E-state index < -0.39 is 6.10 Å². The molecule has 0 unspecified atom stereocenters. The number of carbonyl (C=O) groups excluding carboxylic acids is 2. The van der Waals surface area contributed by atoms with Gasteiger partial charge in [0.15, 0.2) is 6.10 Å². The zero-order chi connectivity index (χ0) is 17.8. The van der Waals surface area contributed by atoms with E-state index in [1.807, 2.05) is 30.5 Å². The van der Waals surface area contributed by atoms with Crippen LogP contribution in [0.5, 0.6) is 0 Å². The molecule has 0 bridgehead atoms. The second-order valence-corrected chi connectivity index (χ2v) is 6.78. The van der Waals surface area contributed by atoms with Crippen LogP contribution in [0.15, 0.2) is 59.2 Å². The van der Waals surface area contributed by atoms with Crippen molar-refractivity contribution in [3.05, 3.63) is 70.3 Å². The molecule has 1 N–H and O–H groups in total. The Hall–Kier alpha value is -2.40. The van der Waals surface area contributed by atoms with Crippen LogP contribution in [-0.4, -0.2) is 22.8 Å². The zero-order valence-corrected chi connectivity index (χ0v) is 15.4. The molecule has 1 heterocycles. The smallest absolute Gasteiger partial charge is 0.306 e. The summed E-state index contributed by atoms with van der Waals surface area (Å²) in [5.74, 6) is -0.573. The van der Waals surface area contributed by atoms with Gasteiger partial charge < -0.3 is 9.72 Å². The normalized spacial score (nSPS) is 12.1. The molecule has 0 aliphatic carbocycles. The molecule has 25 heavy (non-hydrogen) atoms. The van der Waals surface area contributed by atoms with Gasteiger partial charge in [0.2, 0.25) is 5.78 Å². The average Bonchev–Trinajstić information content (AvgIpc) is 3.03. The van der Waals surface area contributed by atoms with E-state index in [-0.39, 0.29) is 18.2 Å². The Balaban J connectivity index is 1.56. The first-order chi connectivity index (χ1) is 12.0. The molecule has 0 aliphatic rings.